The number of rotatable bonds is 6. The van der Waals surface area contributed by atoms with Crippen molar-refractivity contribution in [3.05, 3.63) is 41.2 Å². The van der Waals surface area contributed by atoms with Crippen molar-refractivity contribution in [3.63, 3.8) is 0 Å². The van der Waals surface area contributed by atoms with Gasteiger partial charge in [-0.3, -0.25) is 0 Å². The van der Waals surface area contributed by atoms with Crippen LogP contribution in [0.25, 0.3) is 0 Å². The molecule has 1 aliphatic rings. The summed E-state index contributed by atoms with van der Waals surface area (Å²) >= 11 is 0. The minimum Gasteiger partial charge on any atom is -0.234 e. The van der Waals surface area contributed by atoms with Crippen molar-refractivity contribution < 1.29 is 9.18 Å². The average molecular weight is 260 g/mol. The summed E-state index contributed by atoms with van der Waals surface area (Å²) in [6, 6.07) is 5.06. The van der Waals surface area contributed by atoms with Crippen LogP contribution in [0.5, 0.6) is 0 Å². The first-order valence-corrected chi connectivity index (χ1v) is 7.10. The highest BCUT2D eigenvalue weighted by atomic mass is 19.1. The Morgan fingerprint density at radius 3 is 2.68 bits per heavy atom. The fraction of sp³-hybridized carbons (Fsp3) is 0.529. The topological polar surface area (TPSA) is 17.1 Å². The maximum Gasteiger partial charge on any atom is 0.123 e. The third-order valence-electron chi connectivity index (χ3n) is 4.05. The molecule has 0 spiro atoms. The molecular formula is C17H21FO. The van der Waals surface area contributed by atoms with Crippen molar-refractivity contribution in [1.82, 2.24) is 0 Å². The lowest BCUT2D eigenvalue weighted by Crippen LogP contribution is -2.04. The second-order valence-electron chi connectivity index (χ2n) is 5.81. The minimum atomic E-state index is -0.167. The van der Waals surface area contributed by atoms with E-state index in [0.717, 1.165) is 17.9 Å². The molecule has 0 radical (unpaired) electrons. The summed E-state index contributed by atoms with van der Waals surface area (Å²) in [5.41, 5.74) is 2.28. The first kappa shape index (κ1) is 14.0. The van der Waals surface area contributed by atoms with Crippen LogP contribution < -0.4 is 0 Å². The molecule has 0 aliphatic heterocycles. The van der Waals surface area contributed by atoms with Crippen LogP contribution in [0, 0.1) is 11.7 Å². The molecule has 1 nitrogen and oxygen atoms in total. The SMILES string of the molecule is CC(CC=C=O)c1ccc(F)cc1C(C)CC1CC1. The van der Waals surface area contributed by atoms with E-state index in [2.05, 4.69) is 13.8 Å². The Balaban J connectivity index is 2.22. The van der Waals surface area contributed by atoms with Gasteiger partial charge in [-0.15, -0.1) is 0 Å². The highest BCUT2D eigenvalue weighted by Gasteiger charge is 2.26. The van der Waals surface area contributed by atoms with Crippen LogP contribution in [-0.2, 0) is 4.79 Å². The van der Waals surface area contributed by atoms with Crippen LogP contribution in [0.4, 0.5) is 4.39 Å². The van der Waals surface area contributed by atoms with E-state index in [1.54, 1.807) is 6.07 Å². The molecule has 0 amide bonds. The second-order valence-corrected chi connectivity index (χ2v) is 5.81. The van der Waals surface area contributed by atoms with Gasteiger partial charge in [0, 0.05) is 6.08 Å². The van der Waals surface area contributed by atoms with Gasteiger partial charge in [0.1, 0.15) is 11.8 Å². The molecule has 0 bridgehead atoms. The molecule has 0 heterocycles. The highest BCUT2D eigenvalue weighted by molar-refractivity contribution is 5.45. The summed E-state index contributed by atoms with van der Waals surface area (Å²) in [6.45, 7) is 4.26. The number of allylic oxidation sites excluding steroid dienone is 1. The molecule has 2 rings (SSSR count). The quantitative estimate of drug-likeness (QED) is 0.683. The number of halogens is 1. The molecule has 1 fully saturated rings. The van der Waals surface area contributed by atoms with Gasteiger partial charge in [-0.2, -0.15) is 0 Å². The van der Waals surface area contributed by atoms with Gasteiger partial charge in [-0.25, -0.2) is 9.18 Å². The minimum absolute atomic E-state index is 0.167. The summed E-state index contributed by atoms with van der Waals surface area (Å²) in [5.74, 6) is 3.11. The fourth-order valence-electron chi connectivity index (χ4n) is 2.75. The normalized spacial score (nSPS) is 17.6. The van der Waals surface area contributed by atoms with Crippen LogP contribution >= 0.6 is 0 Å². The average Bonchev–Trinajstić information content (AvgIpc) is 3.19. The zero-order valence-corrected chi connectivity index (χ0v) is 11.7. The lowest BCUT2D eigenvalue weighted by Gasteiger charge is -2.20. The van der Waals surface area contributed by atoms with Crippen LogP contribution in [0.15, 0.2) is 24.3 Å². The second kappa shape index (κ2) is 6.16. The molecule has 1 aromatic rings. The standard InChI is InChI=1S/C17H21FO/c1-12(4-3-9-19)16-8-7-15(18)11-17(16)13(2)10-14-5-6-14/h3,7-8,11-14H,4-6,10H2,1-2H3. The van der Waals surface area contributed by atoms with Gasteiger partial charge in [0.2, 0.25) is 0 Å². The Bertz CT molecular complexity index is 484. The molecule has 1 saturated carbocycles. The van der Waals surface area contributed by atoms with Gasteiger partial charge < -0.3 is 0 Å². The Morgan fingerprint density at radius 1 is 1.32 bits per heavy atom. The largest absolute Gasteiger partial charge is 0.234 e. The number of benzene rings is 1. The van der Waals surface area contributed by atoms with Crippen molar-refractivity contribution in [2.45, 2.75) is 51.4 Å². The number of hydrogen-bond donors (Lipinski definition) is 0. The van der Waals surface area contributed by atoms with Gasteiger partial charge in [0.05, 0.1) is 0 Å². The molecule has 2 unspecified atom stereocenters. The molecule has 1 aromatic carbocycles. The zero-order valence-electron chi connectivity index (χ0n) is 11.7. The zero-order chi connectivity index (χ0) is 13.8. The van der Waals surface area contributed by atoms with E-state index in [-0.39, 0.29) is 11.7 Å². The fourth-order valence-corrected chi connectivity index (χ4v) is 2.75. The maximum absolute atomic E-state index is 13.5. The lowest BCUT2D eigenvalue weighted by molar-refractivity contribution is 0.566. The van der Waals surface area contributed by atoms with Crippen molar-refractivity contribution in [2.24, 2.45) is 5.92 Å². The third-order valence-corrected chi connectivity index (χ3v) is 4.05. The molecule has 0 saturated heterocycles. The van der Waals surface area contributed by atoms with Crippen molar-refractivity contribution in [2.75, 3.05) is 0 Å². The highest BCUT2D eigenvalue weighted by Crippen LogP contribution is 2.40. The first-order chi connectivity index (χ1) is 9.11. The summed E-state index contributed by atoms with van der Waals surface area (Å²) in [4.78, 5) is 10.3. The van der Waals surface area contributed by atoms with Crippen LogP contribution in [0.3, 0.4) is 0 Å². The molecule has 19 heavy (non-hydrogen) atoms. The first-order valence-electron chi connectivity index (χ1n) is 7.10. The van der Waals surface area contributed by atoms with E-state index >= 15 is 0 Å². The summed E-state index contributed by atoms with van der Waals surface area (Å²) < 4.78 is 13.5. The lowest BCUT2D eigenvalue weighted by atomic mass is 9.85. The third kappa shape index (κ3) is 3.78. The Labute approximate surface area is 114 Å². The van der Waals surface area contributed by atoms with Crippen LogP contribution in [0.1, 0.15) is 62.5 Å². The molecule has 1 aliphatic carbocycles. The van der Waals surface area contributed by atoms with Crippen molar-refractivity contribution >= 4 is 5.94 Å². The Morgan fingerprint density at radius 2 is 2.05 bits per heavy atom. The van der Waals surface area contributed by atoms with Crippen LogP contribution in [0.2, 0.25) is 0 Å². The molecule has 0 aromatic heterocycles. The summed E-state index contributed by atoms with van der Waals surface area (Å²) in [7, 11) is 0. The van der Waals surface area contributed by atoms with Gasteiger partial charge in [0.25, 0.3) is 0 Å². The van der Waals surface area contributed by atoms with E-state index in [4.69, 9.17) is 0 Å². The van der Waals surface area contributed by atoms with E-state index in [1.807, 2.05) is 12.0 Å². The molecule has 2 atom stereocenters. The van der Waals surface area contributed by atoms with Gasteiger partial charge >= 0.3 is 0 Å². The van der Waals surface area contributed by atoms with Crippen LogP contribution in [-0.4, -0.2) is 5.94 Å². The van der Waals surface area contributed by atoms with E-state index < -0.39 is 0 Å². The number of hydrogen-bond acceptors (Lipinski definition) is 1. The Kier molecular flexibility index (Phi) is 4.55. The predicted molar refractivity (Wildman–Crippen MR) is 75.5 cm³/mol. The molecule has 102 valence electrons. The number of carbonyl (C=O) groups excluding carboxylic acids is 1. The monoisotopic (exact) mass is 260 g/mol. The smallest absolute Gasteiger partial charge is 0.123 e. The van der Waals surface area contributed by atoms with Gasteiger partial charge in [-0.05, 0) is 53.9 Å². The maximum atomic E-state index is 13.5. The van der Waals surface area contributed by atoms with Gasteiger partial charge in [0.15, 0.2) is 0 Å². The van der Waals surface area contributed by atoms with E-state index in [0.29, 0.717) is 12.3 Å². The molecule has 0 N–H and O–H groups in total. The summed E-state index contributed by atoms with van der Waals surface area (Å²) in [5, 5.41) is 0. The van der Waals surface area contributed by atoms with E-state index in [9.17, 15) is 9.18 Å². The summed E-state index contributed by atoms with van der Waals surface area (Å²) in [6.07, 6.45) is 5.96. The molecule has 2 heteroatoms. The van der Waals surface area contributed by atoms with Gasteiger partial charge in [-0.1, -0.05) is 32.8 Å². The Hall–Kier alpha value is -1.40. The van der Waals surface area contributed by atoms with Crippen molar-refractivity contribution in [1.29, 1.82) is 0 Å². The molecular weight excluding hydrogens is 239 g/mol. The van der Waals surface area contributed by atoms with Crippen molar-refractivity contribution in [3.8, 4) is 0 Å². The predicted octanol–water partition coefficient (Wildman–Crippen LogP) is 4.61. The van der Waals surface area contributed by atoms with E-state index in [1.165, 1.54) is 30.5 Å².